The average molecular weight is 321 g/mol. The van der Waals surface area contributed by atoms with Crippen LogP contribution in [0, 0.1) is 0 Å². The molecule has 0 fully saturated rings. The van der Waals surface area contributed by atoms with E-state index in [-0.39, 0.29) is 0 Å². The van der Waals surface area contributed by atoms with E-state index in [1.165, 1.54) is 0 Å². The van der Waals surface area contributed by atoms with E-state index in [0.717, 1.165) is 21.0 Å². The third kappa shape index (κ3) is 2.94. The van der Waals surface area contributed by atoms with Crippen LogP contribution in [0.2, 0.25) is 5.02 Å². The number of nitrogens with one attached hydrogen (secondary N) is 1. The summed E-state index contributed by atoms with van der Waals surface area (Å²) in [5.41, 5.74) is 3.35. The van der Waals surface area contributed by atoms with Gasteiger partial charge in [-0.2, -0.15) is 5.10 Å². The van der Waals surface area contributed by atoms with Gasteiger partial charge in [0.15, 0.2) is 11.5 Å². The maximum Gasteiger partial charge on any atom is 0.163 e. The molecule has 0 saturated heterocycles. The Kier molecular flexibility index (Phi) is 3.96. The molecule has 0 aliphatic heterocycles. The van der Waals surface area contributed by atoms with Crippen molar-refractivity contribution in [1.29, 1.82) is 0 Å². The lowest BCUT2D eigenvalue weighted by Crippen LogP contribution is -2.11. The smallest absolute Gasteiger partial charge is 0.163 e. The number of halogens is 1. The lowest BCUT2D eigenvalue weighted by molar-refractivity contribution is 0.782. The highest BCUT2D eigenvalue weighted by atomic mass is 35.5. The monoisotopic (exact) mass is 320 g/mol. The van der Waals surface area contributed by atoms with Crippen LogP contribution in [0.25, 0.3) is 11.0 Å². The van der Waals surface area contributed by atoms with Gasteiger partial charge in [0.05, 0.1) is 17.3 Å². The van der Waals surface area contributed by atoms with Crippen LogP contribution in [-0.4, -0.2) is 19.7 Å². The highest BCUT2D eigenvalue weighted by Gasteiger charge is 2.11. The normalized spacial score (nSPS) is 11.0. The Morgan fingerprint density at radius 3 is 2.76 bits per heavy atom. The molecule has 0 atom stereocenters. The highest BCUT2D eigenvalue weighted by molar-refractivity contribution is 7.98. The van der Waals surface area contributed by atoms with Crippen molar-refractivity contribution in [3.63, 3.8) is 0 Å². The first-order chi connectivity index (χ1) is 10.2. The predicted molar refractivity (Wildman–Crippen MR) is 85.1 cm³/mol. The molecule has 108 valence electrons. The van der Waals surface area contributed by atoms with Crippen molar-refractivity contribution < 1.29 is 0 Å². The summed E-state index contributed by atoms with van der Waals surface area (Å²) in [4.78, 5) is 10.0. The van der Waals surface area contributed by atoms with Crippen molar-refractivity contribution in [1.82, 2.24) is 19.7 Å². The van der Waals surface area contributed by atoms with E-state index in [1.54, 1.807) is 22.6 Å². The standard InChI is InChI=1S/C13H13ClN6S/c1-20-13-10(6-16-20)12(19-15)17-11(18-13)7-21-9-4-2-8(14)3-5-9/h2-6H,7,15H2,1H3,(H,17,18,19). The molecular weight excluding hydrogens is 308 g/mol. The first kappa shape index (κ1) is 14.1. The summed E-state index contributed by atoms with van der Waals surface area (Å²) in [6.45, 7) is 0. The number of fused-ring (bicyclic) bond motifs is 1. The van der Waals surface area contributed by atoms with Crippen molar-refractivity contribution in [3.05, 3.63) is 41.3 Å². The van der Waals surface area contributed by atoms with Gasteiger partial charge in [0.2, 0.25) is 0 Å². The summed E-state index contributed by atoms with van der Waals surface area (Å²) in [6.07, 6.45) is 1.70. The molecule has 0 aliphatic carbocycles. The van der Waals surface area contributed by atoms with Crippen LogP contribution in [0.3, 0.4) is 0 Å². The number of hydrogen-bond acceptors (Lipinski definition) is 6. The van der Waals surface area contributed by atoms with Gasteiger partial charge in [-0.25, -0.2) is 15.8 Å². The van der Waals surface area contributed by atoms with Gasteiger partial charge in [-0.05, 0) is 24.3 Å². The van der Waals surface area contributed by atoms with Crippen molar-refractivity contribution in [2.45, 2.75) is 10.6 Å². The molecule has 3 aromatic rings. The summed E-state index contributed by atoms with van der Waals surface area (Å²) in [7, 11) is 1.84. The van der Waals surface area contributed by atoms with Crippen LogP contribution in [0.4, 0.5) is 5.82 Å². The van der Waals surface area contributed by atoms with Gasteiger partial charge < -0.3 is 5.43 Å². The van der Waals surface area contributed by atoms with E-state index in [4.69, 9.17) is 17.4 Å². The van der Waals surface area contributed by atoms with Gasteiger partial charge in [0.1, 0.15) is 5.82 Å². The van der Waals surface area contributed by atoms with Gasteiger partial charge in [-0.15, -0.1) is 11.8 Å². The van der Waals surface area contributed by atoms with Gasteiger partial charge in [0.25, 0.3) is 0 Å². The molecule has 0 bridgehead atoms. The molecule has 0 spiro atoms. The quantitative estimate of drug-likeness (QED) is 0.437. The minimum Gasteiger partial charge on any atom is -0.308 e. The Balaban J connectivity index is 1.86. The van der Waals surface area contributed by atoms with Crippen LogP contribution in [-0.2, 0) is 12.8 Å². The highest BCUT2D eigenvalue weighted by Crippen LogP contribution is 2.25. The molecule has 3 rings (SSSR count). The van der Waals surface area contributed by atoms with Crippen molar-refractivity contribution >= 4 is 40.2 Å². The van der Waals surface area contributed by atoms with Crippen LogP contribution in [0.1, 0.15) is 5.82 Å². The fraction of sp³-hybridized carbons (Fsp3) is 0.154. The second kappa shape index (κ2) is 5.88. The second-order valence-electron chi connectivity index (χ2n) is 4.38. The third-order valence-corrected chi connectivity index (χ3v) is 4.22. The number of nitrogens with two attached hydrogens (primary N) is 1. The largest absolute Gasteiger partial charge is 0.308 e. The molecule has 2 aromatic heterocycles. The molecule has 0 unspecified atom stereocenters. The molecule has 0 saturated carbocycles. The number of rotatable bonds is 4. The van der Waals surface area contributed by atoms with E-state index in [2.05, 4.69) is 20.5 Å². The number of hydrazine groups is 1. The molecule has 6 nitrogen and oxygen atoms in total. The summed E-state index contributed by atoms with van der Waals surface area (Å²) < 4.78 is 1.70. The fourth-order valence-corrected chi connectivity index (χ4v) is 2.80. The van der Waals surface area contributed by atoms with Crippen LogP contribution >= 0.6 is 23.4 Å². The molecular formula is C13H13ClN6S. The van der Waals surface area contributed by atoms with Crippen LogP contribution in [0.15, 0.2) is 35.4 Å². The van der Waals surface area contributed by atoms with Crippen molar-refractivity contribution in [2.75, 3.05) is 5.43 Å². The molecule has 0 amide bonds. The molecule has 8 heteroatoms. The van der Waals surface area contributed by atoms with Gasteiger partial charge in [-0.3, -0.25) is 4.68 Å². The van der Waals surface area contributed by atoms with E-state index >= 15 is 0 Å². The Morgan fingerprint density at radius 1 is 1.29 bits per heavy atom. The number of nitrogens with zero attached hydrogens (tertiary/aromatic N) is 4. The maximum absolute atomic E-state index is 5.87. The first-order valence-electron chi connectivity index (χ1n) is 6.21. The van der Waals surface area contributed by atoms with Gasteiger partial charge in [0, 0.05) is 17.0 Å². The molecule has 0 aliphatic rings. The van der Waals surface area contributed by atoms with Crippen LogP contribution < -0.4 is 11.3 Å². The van der Waals surface area contributed by atoms with E-state index < -0.39 is 0 Å². The number of aromatic nitrogens is 4. The zero-order chi connectivity index (χ0) is 14.8. The Morgan fingerprint density at radius 2 is 2.05 bits per heavy atom. The lowest BCUT2D eigenvalue weighted by Gasteiger charge is -2.06. The molecule has 2 heterocycles. The maximum atomic E-state index is 5.87. The SMILES string of the molecule is Cn1ncc2c(NN)nc(CSc3ccc(Cl)cc3)nc21. The third-order valence-electron chi connectivity index (χ3n) is 2.96. The van der Waals surface area contributed by atoms with Crippen LogP contribution in [0.5, 0.6) is 0 Å². The minimum absolute atomic E-state index is 0.583. The molecule has 0 radical (unpaired) electrons. The lowest BCUT2D eigenvalue weighted by atomic mass is 10.4. The van der Waals surface area contributed by atoms with Crippen molar-refractivity contribution in [3.8, 4) is 0 Å². The van der Waals surface area contributed by atoms with E-state index in [9.17, 15) is 0 Å². The summed E-state index contributed by atoms with van der Waals surface area (Å²) >= 11 is 7.51. The number of nitrogen functional groups attached to an aromatic ring is 1. The number of benzene rings is 1. The Bertz CT molecular complexity index is 770. The number of aryl methyl sites for hydroxylation is 1. The molecule has 21 heavy (non-hydrogen) atoms. The Labute approximate surface area is 130 Å². The Hall–Kier alpha value is -1.83. The molecule has 3 N–H and O–H groups in total. The zero-order valence-corrected chi connectivity index (χ0v) is 12.8. The van der Waals surface area contributed by atoms with E-state index in [0.29, 0.717) is 17.4 Å². The number of thioether (sulfide) groups is 1. The summed E-state index contributed by atoms with van der Waals surface area (Å²) in [6, 6.07) is 7.67. The first-order valence-corrected chi connectivity index (χ1v) is 7.57. The topological polar surface area (TPSA) is 81.7 Å². The predicted octanol–water partition coefficient (Wildman–Crippen LogP) is 2.59. The van der Waals surface area contributed by atoms with Gasteiger partial charge >= 0.3 is 0 Å². The summed E-state index contributed by atoms with van der Waals surface area (Å²) in [5.74, 6) is 7.43. The number of hydrogen-bond donors (Lipinski definition) is 2. The second-order valence-corrected chi connectivity index (χ2v) is 5.87. The minimum atomic E-state index is 0.583. The number of anilines is 1. The fourth-order valence-electron chi connectivity index (χ4n) is 1.92. The zero-order valence-electron chi connectivity index (χ0n) is 11.2. The van der Waals surface area contributed by atoms with Gasteiger partial charge in [-0.1, -0.05) is 11.6 Å². The average Bonchev–Trinajstić information content (AvgIpc) is 2.87. The van der Waals surface area contributed by atoms with Crippen molar-refractivity contribution in [2.24, 2.45) is 12.9 Å². The van der Waals surface area contributed by atoms with E-state index in [1.807, 2.05) is 31.3 Å². The molecule has 1 aromatic carbocycles. The summed E-state index contributed by atoms with van der Waals surface area (Å²) in [5, 5.41) is 5.70.